The number of aliphatic carboxylic acids is 1. The summed E-state index contributed by atoms with van der Waals surface area (Å²) in [6.07, 6.45) is -1.60. The van der Waals surface area contributed by atoms with Gasteiger partial charge in [-0.2, -0.15) is 0 Å². The molecule has 0 aromatic heterocycles. The average Bonchev–Trinajstić information content (AvgIpc) is 2.17. The summed E-state index contributed by atoms with van der Waals surface area (Å²) < 4.78 is 0. The highest BCUT2D eigenvalue weighted by Crippen LogP contribution is 2.34. The van der Waals surface area contributed by atoms with Gasteiger partial charge in [0.15, 0.2) is 6.10 Å². The summed E-state index contributed by atoms with van der Waals surface area (Å²) in [4.78, 5) is 10.7. The second-order valence-corrected chi connectivity index (χ2v) is 3.52. The molecule has 6 heteroatoms. The van der Waals surface area contributed by atoms with E-state index in [0.717, 1.165) is 0 Å². The molecule has 0 saturated heterocycles. The molecule has 0 aliphatic carbocycles. The Morgan fingerprint density at radius 1 is 1.00 bits per heavy atom. The van der Waals surface area contributed by atoms with Crippen LogP contribution >= 0.6 is 0 Å². The van der Waals surface area contributed by atoms with Crippen molar-refractivity contribution < 1.29 is 30.3 Å². The van der Waals surface area contributed by atoms with Crippen LogP contribution in [-0.2, 0) is 4.79 Å². The van der Waals surface area contributed by atoms with Crippen LogP contribution in [0.2, 0.25) is 0 Å². The molecule has 6 nitrogen and oxygen atoms in total. The molecule has 15 heavy (non-hydrogen) atoms. The van der Waals surface area contributed by atoms with Crippen LogP contribution in [0.5, 0.6) is 0 Å². The molecule has 0 heterocycles. The summed E-state index contributed by atoms with van der Waals surface area (Å²) in [5.41, 5.74) is -1.16. The summed E-state index contributed by atoms with van der Waals surface area (Å²) in [7, 11) is 0. The summed E-state index contributed by atoms with van der Waals surface area (Å²) in [6.45, 7) is -0.904. The average molecular weight is 222 g/mol. The van der Waals surface area contributed by atoms with Gasteiger partial charge < -0.3 is 25.5 Å². The van der Waals surface area contributed by atoms with E-state index in [2.05, 4.69) is 0 Å². The van der Waals surface area contributed by atoms with Gasteiger partial charge in [-0.1, -0.05) is 0 Å². The predicted molar refractivity (Wildman–Crippen MR) is 51.2 cm³/mol. The topological polar surface area (TPSA) is 118 Å². The van der Waals surface area contributed by atoms with Gasteiger partial charge in [0.25, 0.3) is 0 Å². The molecular weight excluding hydrogens is 204 g/mol. The lowest BCUT2D eigenvalue weighted by Gasteiger charge is -2.34. The fourth-order valence-electron chi connectivity index (χ4n) is 1.72. The zero-order chi connectivity index (χ0) is 11.9. The molecule has 0 amide bonds. The molecule has 0 aromatic rings. The van der Waals surface area contributed by atoms with E-state index in [1.807, 2.05) is 0 Å². The van der Waals surface area contributed by atoms with Crippen LogP contribution in [-0.4, -0.2) is 57.4 Å². The molecular formula is C9H18O6. The van der Waals surface area contributed by atoms with Crippen molar-refractivity contribution in [1.29, 1.82) is 0 Å². The predicted octanol–water partition coefficient (Wildman–Crippen LogP) is -1.43. The molecule has 0 bridgehead atoms. The van der Waals surface area contributed by atoms with Gasteiger partial charge in [0.2, 0.25) is 0 Å². The second kappa shape index (κ2) is 6.73. The number of carboxylic acid groups (broad SMARTS) is 1. The Balaban J connectivity index is 4.81. The number of hydrogen-bond donors (Lipinski definition) is 5. The van der Waals surface area contributed by atoms with Crippen molar-refractivity contribution in [1.82, 2.24) is 0 Å². The van der Waals surface area contributed by atoms with E-state index in [-0.39, 0.29) is 39.1 Å². The number of carbonyl (C=O) groups is 1. The standard InChI is InChI=1S/C9H18O6/c10-4-1-9(2-5-11,3-6-12)7(13)8(14)15/h7,10-13H,1-6H2,(H,14,15). The molecule has 0 saturated carbocycles. The summed E-state index contributed by atoms with van der Waals surface area (Å²) in [6, 6.07) is 0. The van der Waals surface area contributed by atoms with Gasteiger partial charge in [0.05, 0.1) is 0 Å². The Labute approximate surface area is 87.8 Å². The Bertz CT molecular complexity index is 176. The van der Waals surface area contributed by atoms with Crippen LogP contribution in [0.3, 0.4) is 0 Å². The van der Waals surface area contributed by atoms with Gasteiger partial charge >= 0.3 is 5.97 Å². The SMILES string of the molecule is O=C(O)C(O)C(CCO)(CCO)CCO. The third-order valence-corrected chi connectivity index (χ3v) is 2.64. The third-order valence-electron chi connectivity index (χ3n) is 2.64. The molecule has 0 aliphatic rings. The maximum Gasteiger partial charge on any atom is 0.333 e. The molecule has 0 rings (SSSR count). The molecule has 1 atom stereocenters. The van der Waals surface area contributed by atoms with Crippen molar-refractivity contribution in [3.05, 3.63) is 0 Å². The Morgan fingerprint density at radius 2 is 1.33 bits per heavy atom. The Morgan fingerprint density at radius 3 is 1.53 bits per heavy atom. The van der Waals surface area contributed by atoms with Crippen LogP contribution in [0.25, 0.3) is 0 Å². The molecule has 0 spiro atoms. The van der Waals surface area contributed by atoms with Gasteiger partial charge in [-0.15, -0.1) is 0 Å². The van der Waals surface area contributed by atoms with Crippen LogP contribution in [0.4, 0.5) is 0 Å². The van der Waals surface area contributed by atoms with E-state index in [1.165, 1.54) is 0 Å². The van der Waals surface area contributed by atoms with Gasteiger partial charge in [0, 0.05) is 25.2 Å². The molecule has 0 fully saturated rings. The first-order valence-electron chi connectivity index (χ1n) is 4.77. The third kappa shape index (κ3) is 3.75. The highest BCUT2D eigenvalue weighted by atomic mass is 16.4. The van der Waals surface area contributed by atoms with E-state index < -0.39 is 17.5 Å². The first kappa shape index (κ1) is 14.3. The maximum absolute atomic E-state index is 10.7. The first-order valence-corrected chi connectivity index (χ1v) is 4.77. The van der Waals surface area contributed by atoms with Crippen LogP contribution in [0.1, 0.15) is 19.3 Å². The van der Waals surface area contributed by atoms with Crippen molar-refractivity contribution in [2.75, 3.05) is 19.8 Å². The van der Waals surface area contributed by atoms with Crippen LogP contribution in [0.15, 0.2) is 0 Å². The minimum absolute atomic E-state index is 0.0294. The second-order valence-electron chi connectivity index (χ2n) is 3.52. The van der Waals surface area contributed by atoms with Crippen molar-refractivity contribution in [3.63, 3.8) is 0 Å². The maximum atomic E-state index is 10.7. The lowest BCUT2D eigenvalue weighted by molar-refractivity contribution is -0.157. The fourth-order valence-corrected chi connectivity index (χ4v) is 1.72. The highest BCUT2D eigenvalue weighted by molar-refractivity contribution is 5.73. The van der Waals surface area contributed by atoms with Crippen LogP contribution in [0, 0.1) is 5.41 Å². The number of carboxylic acids is 1. The minimum Gasteiger partial charge on any atom is -0.479 e. The molecule has 5 N–H and O–H groups in total. The number of rotatable bonds is 8. The van der Waals surface area contributed by atoms with Gasteiger partial charge in [-0.25, -0.2) is 4.79 Å². The largest absolute Gasteiger partial charge is 0.479 e. The summed E-state index contributed by atoms with van der Waals surface area (Å²) in [5.74, 6) is -1.41. The van der Waals surface area contributed by atoms with Crippen molar-refractivity contribution in [2.45, 2.75) is 25.4 Å². The van der Waals surface area contributed by atoms with Crippen LogP contribution < -0.4 is 0 Å². The van der Waals surface area contributed by atoms with E-state index in [0.29, 0.717) is 0 Å². The monoisotopic (exact) mass is 222 g/mol. The van der Waals surface area contributed by atoms with Crippen molar-refractivity contribution in [2.24, 2.45) is 5.41 Å². The van der Waals surface area contributed by atoms with Crippen molar-refractivity contribution >= 4 is 5.97 Å². The smallest absolute Gasteiger partial charge is 0.333 e. The Kier molecular flexibility index (Phi) is 6.42. The molecule has 0 aromatic carbocycles. The van der Waals surface area contributed by atoms with Gasteiger partial charge in [0.1, 0.15) is 0 Å². The lowest BCUT2D eigenvalue weighted by Crippen LogP contribution is -2.43. The minimum atomic E-state index is -1.69. The van der Waals surface area contributed by atoms with E-state index in [4.69, 9.17) is 20.4 Å². The zero-order valence-corrected chi connectivity index (χ0v) is 8.46. The highest BCUT2D eigenvalue weighted by Gasteiger charge is 2.40. The molecule has 1 unspecified atom stereocenters. The lowest BCUT2D eigenvalue weighted by atomic mass is 9.74. The van der Waals surface area contributed by atoms with Gasteiger partial charge in [-0.05, 0) is 19.3 Å². The van der Waals surface area contributed by atoms with Gasteiger partial charge in [-0.3, -0.25) is 0 Å². The number of aliphatic hydroxyl groups is 4. The van der Waals surface area contributed by atoms with Crippen molar-refractivity contribution in [3.8, 4) is 0 Å². The Hall–Kier alpha value is -0.690. The first-order chi connectivity index (χ1) is 7.04. The summed E-state index contributed by atoms with van der Waals surface area (Å²) >= 11 is 0. The number of aliphatic hydroxyl groups excluding tert-OH is 4. The fraction of sp³-hybridized carbons (Fsp3) is 0.889. The zero-order valence-electron chi connectivity index (χ0n) is 8.46. The van der Waals surface area contributed by atoms with E-state index in [1.54, 1.807) is 0 Å². The normalized spacial score (nSPS) is 13.9. The number of hydrogen-bond acceptors (Lipinski definition) is 5. The molecule has 0 aliphatic heterocycles. The van der Waals surface area contributed by atoms with E-state index in [9.17, 15) is 9.90 Å². The molecule has 0 radical (unpaired) electrons. The summed E-state index contributed by atoms with van der Waals surface area (Å²) in [5, 5.41) is 44.7. The molecule has 90 valence electrons. The quantitative estimate of drug-likeness (QED) is 0.343. The van der Waals surface area contributed by atoms with E-state index >= 15 is 0 Å².